The van der Waals surface area contributed by atoms with E-state index < -0.39 is 25.5 Å². The van der Waals surface area contributed by atoms with Crippen molar-refractivity contribution in [3.8, 4) is 11.5 Å². The van der Waals surface area contributed by atoms with Crippen molar-refractivity contribution in [1.29, 1.82) is 0 Å². The molecule has 0 aliphatic heterocycles. The minimum atomic E-state index is -4.75. The van der Waals surface area contributed by atoms with Gasteiger partial charge < -0.3 is 14.6 Å². The lowest BCUT2D eigenvalue weighted by atomic mass is 10.2. The highest BCUT2D eigenvalue weighted by Crippen LogP contribution is 2.36. The zero-order valence-corrected chi connectivity index (χ0v) is 10.9. The predicted molar refractivity (Wildman–Crippen MR) is 62.5 cm³/mol. The smallest absolute Gasteiger partial charge is 0.493 e. The van der Waals surface area contributed by atoms with E-state index >= 15 is 0 Å². The molecule has 0 bridgehead atoms. The van der Waals surface area contributed by atoms with Gasteiger partial charge in [0, 0.05) is 0 Å². The first-order valence-electron chi connectivity index (χ1n) is 5.19. The van der Waals surface area contributed by atoms with Crippen LogP contribution in [0.1, 0.15) is 10.4 Å². The van der Waals surface area contributed by atoms with Crippen LogP contribution in [0.4, 0.5) is 13.2 Å². The average molecular weight is 315 g/mol. The standard InChI is InChI=1S/C11H10ClF3O5/c1-18-8-5-6(10(16)17)4-7(12)9(8)19-2-3-20-11(13,14)15/h4-5H,2-3H2,1H3,(H,16,17). The second-order valence-electron chi connectivity index (χ2n) is 3.44. The Balaban J connectivity index is 2.77. The first-order chi connectivity index (χ1) is 9.24. The molecule has 0 radical (unpaired) electrons. The van der Waals surface area contributed by atoms with E-state index in [0.29, 0.717) is 0 Å². The van der Waals surface area contributed by atoms with Crippen LogP contribution >= 0.6 is 11.6 Å². The van der Waals surface area contributed by atoms with Gasteiger partial charge in [-0.1, -0.05) is 11.6 Å². The highest BCUT2D eigenvalue weighted by Gasteiger charge is 2.28. The number of hydrogen-bond donors (Lipinski definition) is 1. The molecule has 1 aromatic rings. The molecule has 0 unspecified atom stereocenters. The van der Waals surface area contributed by atoms with E-state index in [9.17, 15) is 18.0 Å². The van der Waals surface area contributed by atoms with E-state index in [-0.39, 0.29) is 22.1 Å². The molecule has 1 rings (SSSR count). The van der Waals surface area contributed by atoms with Crippen LogP contribution in [0, 0.1) is 0 Å². The van der Waals surface area contributed by atoms with Gasteiger partial charge in [0.05, 0.1) is 24.3 Å². The van der Waals surface area contributed by atoms with Gasteiger partial charge in [-0.25, -0.2) is 4.79 Å². The molecule has 0 spiro atoms. The third-order valence-corrected chi connectivity index (χ3v) is 2.35. The Bertz CT molecular complexity index is 490. The van der Waals surface area contributed by atoms with Crippen LogP contribution < -0.4 is 9.47 Å². The van der Waals surface area contributed by atoms with Crippen molar-refractivity contribution in [2.75, 3.05) is 20.3 Å². The van der Waals surface area contributed by atoms with Crippen LogP contribution in [-0.4, -0.2) is 37.8 Å². The van der Waals surface area contributed by atoms with Crippen LogP contribution in [0.15, 0.2) is 12.1 Å². The summed E-state index contributed by atoms with van der Waals surface area (Å²) in [6.07, 6.45) is -4.75. The number of rotatable bonds is 6. The zero-order valence-electron chi connectivity index (χ0n) is 10.2. The van der Waals surface area contributed by atoms with E-state index in [2.05, 4.69) is 4.74 Å². The Morgan fingerprint density at radius 3 is 2.50 bits per heavy atom. The van der Waals surface area contributed by atoms with Gasteiger partial charge in [0.25, 0.3) is 0 Å². The number of methoxy groups -OCH3 is 1. The Morgan fingerprint density at radius 2 is 2.00 bits per heavy atom. The fraction of sp³-hybridized carbons (Fsp3) is 0.364. The number of ether oxygens (including phenoxy) is 3. The van der Waals surface area contributed by atoms with Gasteiger partial charge in [-0.3, -0.25) is 4.74 Å². The van der Waals surface area contributed by atoms with Crippen LogP contribution in [0.3, 0.4) is 0 Å². The summed E-state index contributed by atoms with van der Waals surface area (Å²) in [5.74, 6) is -1.27. The van der Waals surface area contributed by atoms with E-state index in [4.69, 9.17) is 26.2 Å². The van der Waals surface area contributed by atoms with E-state index in [1.54, 1.807) is 0 Å². The van der Waals surface area contributed by atoms with Crippen LogP contribution in [0.25, 0.3) is 0 Å². The maximum atomic E-state index is 11.8. The molecule has 0 fully saturated rings. The summed E-state index contributed by atoms with van der Waals surface area (Å²) in [5, 5.41) is 8.73. The molecule has 0 heterocycles. The van der Waals surface area contributed by atoms with E-state index in [1.807, 2.05) is 0 Å². The van der Waals surface area contributed by atoms with Crippen LogP contribution in [-0.2, 0) is 4.74 Å². The molecular weight excluding hydrogens is 305 g/mol. The van der Waals surface area contributed by atoms with Crippen molar-refractivity contribution in [2.45, 2.75) is 6.36 Å². The molecule has 0 aliphatic rings. The SMILES string of the molecule is COc1cc(C(=O)O)cc(Cl)c1OCCOC(F)(F)F. The molecular formula is C11H10ClF3O5. The van der Waals surface area contributed by atoms with Gasteiger partial charge in [0.1, 0.15) is 6.61 Å². The molecule has 0 saturated heterocycles. The fourth-order valence-corrected chi connectivity index (χ4v) is 1.55. The fourth-order valence-electron chi connectivity index (χ4n) is 1.28. The molecule has 1 aromatic carbocycles. The molecule has 112 valence electrons. The summed E-state index contributed by atoms with van der Waals surface area (Å²) in [6, 6.07) is 2.25. The van der Waals surface area contributed by atoms with Crippen molar-refractivity contribution < 1.29 is 37.3 Å². The first kappa shape index (κ1) is 16.4. The molecule has 0 atom stereocenters. The van der Waals surface area contributed by atoms with Gasteiger partial charge in [-0.05, 0) is 12.1 Å². The topological polar surface area (TPSA) is 65.0 Å². The van der Waals surface area contributed by atoms with Crippen molar-refractivity contribution in [2.24, 2.45) is 0 Å². The Hall–Kier alpha value is -1.67. The Labute approximate surface area is 116 Å². The maximum absolute atomic E-state index is 11.8. The summed E-state index contributed by atoms with van der Waals surface area (Å²) in [5.41, 5.74) is -0.134. The minimum Gasteiger partial charge on any atom is -0.493 e. The molecule has 0 saturated carbocycles. The van der Waals surface area contributed by atoms with Gasteiger partial charge in [-0.15, -0.1) is 13.2 Å². The third-order valence-electron chi connectivity index (χ3n) is 2.07. The lowest BCUT2D eigenvalue weighted by Gasteiger charge is -2.13. The molecule has 20 heavy (non-hydrogen) atoms. The van der Waals surface area contributed by atoms with E-state index in [0.717, 1.165) is 12.1 Å². The second-order valence-corrected chi connectivity index (χ2v) is 3.84. The number of benzene rings is 1. The maximum Gasteiger partial charge on any atom is 0.522 e. The summed E-state index contributed by atoms with van der Waals surface area (Å²) < 4.78 is 48.7. The second kappa shape index (κ2) is 6.67. The number of aromatic carboxylic acids is 1. The van der Waals surface area contributed by atoms with Crippen molar-refractivity contribution in [3.63, 3.8) is 0 Å². The molecule has 1 N–H and O–H groups in total. The molecule has 9 heteroatoms. The Kier molecular flexibility index (Phi) is 5.46. The number of alkyl halides is 3. The number of halogens is 4. The largest absolute Gasteiger partial charge is 0.522 e. The highest BCUT2D eigenvalue weighted by atomic mass is 35.5. The molecule has 0 aliphatic carbocycles. The molecule has 0 aromatic heterocycles. The minimum absolute atomic E-state index is 0.00177. The van der Waals surface area contributed by atoms with Gasteiger partial charge in [0.15, 0.2) is 11.5 Å². The van der Waals surface area contributed by atoms with Crippen molar-refractivity contribution in [1.82, 2.24) is 0 Å². The summed E-state index contributed by atoms with van der Waals surface area (Å²) in [6.45, 7) is -1.16. The van der Waals surface area contributed by atoms with E-state index in [1.165, 1.54) is 7.11 Å². The van der Waals surface area contributed by atoms with Gasteiger partial charge in [-0.2, -0.15) is 0 Å². The lowest BCUT2D eigenvalue weighted by Crippen LogP contribution is -2.18. The summed E-state index contributed by atoms with van der Waals surface area (Å²) in [7, 11) is 1.25. The highest BCUT2D eigenvalue weighted by molar-refractivity contribution is 6.32. The number of carboxylic acids is 1. The summed E-state index contributed by atoms with van der Waals surface area (Å²) in [4.78, 5) is 10.8. The average Bonchev–Trinajstić information content (AvgIpc) is 2.33. The van der Waals surface area contributed by atoms with Crippen LogP contribution in [0.5, 0.6) is 11.5 Å². The monoisotopic (exact) mass is 314 g/mol. The normalized spacial score (nSPS) is 11.2. The number of hydrogen-bond acceptors (Lipinski definition) is 4. The zero-order chi connectivity index (χ0) is 15.3. The van der Waals surface area contributed by atoms with Crippen molar-refractivity contribution in [3.05, 3.63) is 22.7 Å². The Morgan fingerprint density at radius 1 is 1.35 bits per heavy atom. The first-order valence-corrected chi connectivity index (χ1v) is 5.56. The number of carbonyl (C=O) groups is 1. The molecule has 0 amide bonds. The predicted octanol–water partition coefficient (Wildman–Crippen LogP) is 2.96. The number of carboxylic acid groups (broad SMARTS) is 1. The quantitative estimate of drug-likeness (QED) is 0.818. The van der Waals surface area contributed by atoms with Gasteiger partial charge >= 0.3 is 12.3 Å². The van der Waals surface area contributed by atoms with Crippen LogP contribution in [0.2, 0.25) is 5.02 Å². The third kappa shape index (κ3) is 4.78. The lowest BCUT2D eigenvalue weighted by molar-refractivity contribution is -0.325. The molecule has 5 nitrogen and oxygen atoms in total. The summed E-state index contributed by atoms with van der Waals surface area (Å²) >= 11 is 5.79. The van der Waals surface area contributed by atoms with Gasteiger partial charge in [0.2, 0.25) is 0 Å². The van der Waals surface area contributed by atoms with Crippen molar-refractivity contribution >= 4 is 17.6 Å².